The molecule has 0 spiro atoms. The first kappa shape index (κ1) is 14.7. The van der Waals surface area contributed by atoms with Crippen LogP contribution in [-0.2, 0) is 0 Å². The number of benzene rings is 1. The summed E-state index contributed by atoms with van der Waals surface area (Å²) in [7, 11) is 0. The van der Waals surface area contributed by atoms with Crippen molar-refractivity contribution in [3.05, 3.63) is 56.7 Å². The van der Waals surface area contributed by atoms with Crippen LogP contribution in [0.25, 0.3) is 10.2 Å². The molecule has 0 saturated heterocycles. The molecule has 0 aliphatic heterocycles. The molecule has 114 valence electrons. The Balaban J connectivity index is 2.00. The van der Waals surface area contributed by atoms with Gasteiger partial charge in [0.25, 0.3) is 5.56 Å². The second-order valence-corrected chi connectivity index (χ2v) is 6.31. The average Bonchev–Trinajstić information content (AvgIpc) is 2.76. The highest BCUT2D eigenvalue weighted by molar-refractivity contribution is 7.18. The lowest BCUT2D eigenvalue weighted by atomic mass is 10.2. The molecule has 1 atom stereocenters. The van der Waals surface area contributed by atoms with Crippen LogP contribution in [0.5, 0.6) is 5.75 Å². The van der Waals surface area contributed by atoms with Gasteiger partial charge in [0.2, 0.25) is 0 Å². The molecule has 0 aliphatic rings. The van der Waals surface area contributed by atoms with Gasteiger partial charge in [-0.3, -0.25) is 4.79 Å². The largest absolute Gasteiger partial charge is 0.480 e. The Morgan fingerprint density at radius 2 is 2.05 bits per heavy atom. The van der Waals surface area contributed by atoms with Gasteiger partial charge in [-0.15, -0.1) is 11.3 Å². The second-order valence-electron chi connectivity index (χ2n) is 5.11. The monoisotopic (exact) mass is 318 g/mol. The first-order chi connectivity index (χ1) is 10.5. The van der Waals surface area contributed by atoms with Crippen LogP contribution in [-0.4, -0.2) is 9.97 Å². The molecule has 0 saturated carbocycles. The highest BCUT2D eigenvalue weighted by Crippen LogP contribution is 2.27. The molecular weight excluding hydrogens is 303 g/mol. The van der Waals surface area contributed by atoms with Crippen LogP contribution < -0.4 is 10.3 Å². The van der Waals surface area contributed by atoms with E-state index in [1.54, 1.807) is 25.1 Å². The topological polar surface area (TPSA) is 55.0 Å². The maximum Gasteiger partial charge on any atom is 0.260 e. The van der Waals surface area contributed by atoms with Crippen molar-refractivity contribution in [2.24, 2.45) is 0 Å². The Morgan fingerprint density at radius 3 is 2.77 bits per heavy atom. The summed E-state index contributed by atoms with van der Waals surface area (Å²) < 4.78 is 19.2. The Bertz CT molecular complexity index is 901. The second kappa shape index (κ2) is 5.53. The predicted octanol–water partition coefficient (Wildman–Crippen LogP) is 3.88. The number of hydrogen-bond donors (Lipinski definition) is 1. The molecule has 0 fully saturated rings. The molecule has 0 aliphatic carbocycles. The third-order valence-electron chi connectivity index (χ3n) is 3.58. The van der Waals surface area contributed by atoms with Gasteiger partial charge in [-0.25, -0.2) is 9.37 Å². The number of fused-ring (bicyclic) bond motifs is 1. The fourth-order valence-corrected chi connectivity index (χ4v) is 3.29. The first-order valence-corrected chi connectivity index (χ1v) is 7.70. The van der Waals surface area contributed by atoms with Crippen molar-refractivity contribution in [2.45, 2.75) is 26.9 Å². The van der Waals surface area contributed by atoms with E-state index in [2.05, 4.69) is 9.97 Å². The van der Waals surface area contributed by atoms with Crippen molar-refractivity contribution >= 4 is 21.6 Å². The van der Waals surface area contributed by atoms with E-state index >= 15 is 0 Å². The number of hydrogen-bond acceptors (Lipinski definition) is 4. The number of aromatic amines is 1. The molecule has 4 nitrogen and oxygen atoms in total. The molecule has 22 heavy (non-hydrogen) atoms. The van der Waals surface area contributed by atoms with Gasteiger partial charge < -0.3 is 9.72 Å². The Morgan fingerprint density at radius 1 is 1.32 bits per heavy atom. The number of aromatic nitrogens is 2. The fraction of sp³-hybridized carbons (Fsp3) is 0.250. The molecule has 0 unspecified atom stereocenters. The quantitative estimate of drug-likeness (QED) is 0.797. The van der Waals surface area contributed by atoms with E-state index in [1.165, 1.54) is 17.4 Å². The number of rotatable bonds is 3. The van der Waals surface area contributed by atoms with Crippen molar-refractivity contribution in [1.82, 2.24) is 9.97 Å². The van der Waals surface area contributed by atoms with Crippen LogP contribution in [0.1, 0.15) is 29.3 Å². The van der Waals surface area contributed by atoms with Crippen LogP contribution in [0, 0.1) is 19.7 Å². The Kier molecular flexibility index (Phi) is 3.70. The average molecular weight is 318 g/mol. The Labute approximate surface area is 130 Å². The lowest BCUT2D eigenvalue weighted by Gasteiger charge is -2.14. The van der Waals surface area contributed by atoms with Gasteiger partial charge in [-0.05, 0) is 38.5 Å². The maximum absolute atomic E-state index is 13.6. The molecule has 0 amide bonds. The molecule has 0 radical (unpaired) electrons. The lowest BCUT2D eigenvalue weighted by molar-refractivity contribution is 0.207. The molecule has 3 aromatic rings. The Hall–Kier alpha value is -2.21. The summed E-state index contributed by atoms with van der Waals surface area (Å²) >= 11 is 1.47. The number of nitrogens with zero attached hydrogens (tertiary/aromatic N) is 1. The van der Waals surface area contributed by atoms with E-state index in [0.717, 1.165) is 10.4 Å². The van der Waals surface area contributed by atoms with Crippen LogP contribution in [0.2, 0.25) is 0 Å². The van der Waals surface area contributed by atoms with Crippen molar-refractivity contribution in [3.8, 4) is 5.75 Å². The third kappa shape index (κ3) is 2.50. The number of thiophene rings is 1. The van der Waals surface area contributed by atoms with Crippen LogP contribution in [0.15, 0.2) is 29.1 Å². The highest BCUT2D eigenvalue weighted by Gasteiger charge is 2.17. The third-order valence-corrected chi connectivity index (χ3v) is 4.68. The van der Waals surface area contributed by atoms with E-state index in [-0.39, 0.29) is 11.3 Å². The van der Waals surface area contributed by atoms with E-state index in [1.807, 2.05) is 13.8 Å². The van der Waals surface area contributed by atoms with Crippen molar-refractivity contribution in [2.75, 3.05) is 0 Å². The van der Waals surface area contributed by atoms with Gasteiger partial charge in [0.15, 0.2) is 23.5 Å². The minimum Gasteiger partial charge on any atom is -0.480 e. The standard InChI is InChI=1S/C16H15FN2O2S/c1-8-10(3)22-16-13(8)15(20)18-14(19-16)9(2)21-12-7-5-4-6-11(12)17/h4-7,9H,1-3H3,(H,18,19,20)/t9-/m0/s1. The number of H-pyrrole nitrogens is 1. The van der Waals surface area contributed by atoms with Gasteiger partial charge in [-0.2, -0.15) is 0 Å². The number of nitrogens with one attached hydrogen (secondary N) is 1. The van der Waals surface area contributed by atoms with Gasteiger partial charge in [-0.1, -0.05) is 12.1 Å². The summed E-state index contributed by atoms with van der Waals surface area (Å²) in [5, 5.41) is 0.615. The molecule has 6 heteroatoms. The van der Waals surface area contributed by atoms with E-state index in [0.29, 0.717) is 16.0 Å². The molecule has 0 bridgehead atoms. The van der Waals surface area contributed by atoms with Crippen LogP contribution in [0.3, 0.4) is 0 Å². The SMILES string of the molecule is Cc1sc2nc([C@H](C)Oc3ccccc3F)[nH]c(=O)c2c1C. The number of halogens is 1. The highest BCUT2D eigenvalue weighted by atomic mass is 32.1. The summed E-state index contributed by atoms with van der Waals surface area (Å²) in [6.07, 6.45) is -0.559. The zero-order valence-corrected chi connectivity index (χ0v) is 13.3. The minimum absolute atomic E-state index is 0.135. The number of para-hydroxylation sites is 1. The van der Waals surface area contributed by atoms with Gasteiger partial charge in [0.05, 0.1) is 5.39 Å². The van der Waals surface area contributed by atoms with Crippen molar-refractivity contribution < 1.29 is 9.13 Å². The maximum atomic E-state index is 13.6. The zero-order chi connectivity index (χ0) is 15.9. The molecule has 2 heterocycles. The van der Waals surface area contributed by atoms with E-state index in [4.69, 9.17) is 4.74 Å². The summed E-state index contributed by atoms with van der Waals surface area (Å²) in [6.45, 7) is 5.59. The smallest absolute Gasteiger partial charge is 0.260 e. The van der Waals surface area contributed by atoms with E-state index < -0.39 is 11.9 Å². The normalized spacial score (nSPS) is 12.5. The molecular formula is C16H15FN2O2S. The van der Waals surface area contributed by atoms with Crippen molar-refractivity contribution in [1.29, 1.82) is 0 Å². The van der Waals surface area contributed by atoms with Crippen LogP contribution in [0.4, 0.5) is 4.39 Å². The molecule has 2 aromatic heterocycles. The van der Waals surface area contributed by atoms with E-state index in [9.17, 15) is 9.18 Å². The summed E-state index contributed by atoms with van der Waals surface area (Å²) in [5.41, 5.74) is 0.758. The fourth-order valence-electron chi connectivity index (χ4n) is 2.25. The first-order valence-electron chi connectivity index (χ1n) is 6.88. The molecule has 1 aromatic carbocycles. The van der Waals surface area contributed by atoms with Crippen molar-refractivity contribution in [3.63, 3.8) is 0 Å². The zero-order valence-electron chi connectivity index (χ0n) is 12.4. The number of aryl methyl sites for hydroxylation is 2. The van der Waals surface area contributed by atoms with Gasteiger partial charge >= 0.3 is 0 Å². The number of ether oxygens (including phenoxy) is 1. The minimum atomic E-state index is -0.559. The predicted molar refractivity (Wildman–Crippen MR) is 85.2 cm³/mol. The summed E-state index contributed by atoms with van der Waals surface area (Å²) in [5.74, 6) is 0.0823. The van der Waals surface area contributed by atoms with Gasteiger partial charge in [0, 0.05) is 4.88 Å². The summed E-state index contributed by atoms with van der Waals surface area (Å²) in [4.78, 5) is 21.2. The summed E-state index contributed by atoms with van der Waals surface area (Å²) in [6, 6.07) is 6.15. The lowest BCUT2D eigenvalue weighted by Crippen LogP contribution is -2.16. The molecule has 1 N–H and O–H groups in total. The van der Waals surface area contributed by atoms with Crippen LogP contribution >= 0.6 is 11.3 Å². The molecule has 3 rings (SSSR count). The van der Waals surface area contributed by atoms with Gasteiger partial charge in [0.1, 0.15) is 4.83 Å².